The third kappa shape index (κ3) is 2.47. The second-order valence-corrected chi connectivity index (χ2v) is 5.15. The van der Waals surface area contributed by atoms with Crippen molar-refractivity contribution < 1.29 is 0 Å². The van der Waals surface area contributed by atoms with Crippen LogP contribution in [0.15, 0.2) is 59.6 Å². The van der Waals surface area contributed by atoms with Gasteiger partial charge in [-0.3, -0.25) is 4.99 Å². The average molecular weight is 268 g/mol. The molecule has 0 saturated heterocycles. The predicted octanol–water partition coefficient (Wildman–Crippen LogP) is 4.75. The summed E-state index contributed by atoms with van der Waals surface area (Å²) >= 11 is 6.37. The molecule has 0 bridgehead atoms. The molecule has 0 heterocycles. The second kappa shape index (κ2) is 5.02. The van der Waals surface area contributed by atoms with E-state index in [-0.39, 0.29) is 5.38 Å². The summed E-state index contributed by atoms with van der Waals surface area (Å²) in [6.45, 7) is 2.07. The lowest BCUT2D eigenvalue weighted by atomic mass is 9.95. The van der Waals surface area contributed by atoms with Crippen molar-refractivity contribution in [3.8, 4) is 0 Å². The van der Waals surface area contributed by atoms with E-state index in [0.717, 1.165) is 17.0 Å². The van der Waals surface area contributed by atoms with Crippen molar-refractivity contribution in [3.63, 3.8) is 0 Å². The fourth-order valence-electron chi connectivity index (χ4n) is 2.18. The summed E-state index contributed by atoms with van der Waals surface area (Å²) < 4.78 is 0. The van der Waals surface area contributed by atoms with Crippen LogP contribution in [-0.4, -0.2) is 11.1 Å². The number of allylic oxidation sites excluding steroid dienone is 1. The lowest BCUT2D eigenvalue weighted by molar-refractivity contribution is 1.35. The van der Waals surface area contributed by atoms with Crippen molar-refractivity contribution in [2.24, 2.45) is 4.99 Å². The van der Waals surface area contributed by atoms with Crippen LogP contribution in [0.2, 0.25) is 0 Å². The van der Waals surface area contributed by atoms with Crippen molar-refractivity contribution in [1.82, 2.24) is 0 Å². The lowest BCUT2D eigenvalue weighted by Crippen LogP contribution is -2.17. The van der Waals surface area contributed by atoms with Gasteiger partial charge in [-0.1, -0.05) is 54.1 Å². The standard InChI is InChI=1S/C17H14ClN/c1-12-6-9-14(10-7-12)19-17-15-5-3-2-4-13(15)8-11-16(17)18/h2-11,16H,1H3. The van der Waals surface area contributed by atoms with Crippen molar-refractivity contribution in [2.45, 2.75) is 12.3 Å². The van der Waals surface area contributed by atoms with Gasteiger partial charge in [-0.2, -0.15) is 0 Å². The van der Waals surface area contributed by atoms with Crippen LogP contribution in [0.4, 0.5) is 5.69 Å². The highest BCUT2D eigenvalue weighted by Gasteiger charge is 2.18. The third-order valence-corrected chi connectivity index (χ3v) is 3.58. The normalized spacial score (nSPS) is 19.5. The number of rotatable bonds is 1. The van der Waals surface area contributed by atoms with Crippen LogP contribution in [-0.2, 0) is 0 Å². The fourth-order valence-corrected chi connectivity index (χ4v) is 2.42. The Bertz CT molecular complexity index is 653. The molecule has 1 aliphatic carbocycles. The molecular weight excluding hydrogens is 254 g/mol. The van der Waals surface area contributed by atoms with Gasteiger partial charge in [-0.05, 0) is 24.6 Å². The molecule has 0 amide bonds. The predicted molar refractivity (Wildman–Crippen MR) is 82.5 cm³/mol. The van der Waals surface area contributed by atoms with Crippen molar-refractivity contribution >= 4 is 29.1 Å². The Morgan fingerprint density at radius 3 is 2.53 bits per heavy atom. The van der Waals surface area contributed by atoms with Gasteiger partial charge in [0, 0.05) is 5.56 Å². The van der Waals surface area contributed by atoms with Crippen molar-refractivity contribution in [2.75, 3.05) is 0 Å². The fraction of sp³-hybridized carbons (Fsp3) is 0.118. The molecule has 1 atom stereocenters. The van der Waals surface area contributed by atoms with E-state index < -0.39 is 0 Å². The maximum Gasteiger partial charge on any atom is 0.0947 e. The average Bonchev–Trinajstić information content (AvgIpc) is 2.44. The monoisotopic (exact) mass is 267 g/mol. The molecule has 2 aromatic carbocycles. The Hall–Kier alpha value is -1.86. The first-order valence-electron chi connectivity index (χ1n) is 6.31. The maximum atomic E-state index is 6.37. The van der Waals surface area contributed by atoms with Gasteiger partial charge >= 0.3 is 0 Å². The van der Waals surface area contributed by atoms with Crippen molar-refractivity contribution in [1.29, 1.82) is 0 Å². The SMILES string of the molecule is Cc1ccc(N=C2c3ccccc3C=CC2Cl)cc1. The minimum Gasteiger partial charge on any atom is -0.251 e. The summed E-state index contributed by atoms with van der Waals surface area (Å²) in [7, 11) is 0. The molecule has 0 aromatic heterocycles. The van der Waals surface area contributed by atoms with Crippen molar-refractivity contribution in [3.05, 3.63) is 71.3 Å². The lowest BCUT2D eigenvalue weighted by Gasteiger charge is -2.17. The summed E-state index contributed by atoms with van der Waals surface area (Å²) in [4.78, 5) is 4.72. The summed E-state index contributed by atoms with van der Waals surface area (Å²) in [5.74, 6) is 0. The summed E-state index contributed by atoms with van der Waals surface area (Å²) in [5.41, 5.74) is 5.38. The summed E-state index contributed by atoms with van der Waals surface area (Å²) in [6.07, 6.45) is 4.04. The van der Waals surface area contributed by atoms with Gasteiger partial charge < -0.3 is 0 Å². The number of nitrogens with zero attached hydrogens (tertiary/aromatic N) is 1. The Morgan fingerprint density at radius 2 is 1.74 bits per heavy atom. The molecule has 0 fully saturated rings. The van der Waals surface area contributed by atoms with Crippen LogP contribution in [0.1, 0.15) is 16.7 Å². The second-order valence-electron chi connectivity index (χ2n) is 4.68. The quantitative estimate of drug-likeness (QED) is 0.661. The van der Waals surface area contributed by atoms with E-state index in [2.05, 4.69) is 37.3 Å². The Balaban J connectivity index is 2.08. The topological polar surface area (TPSA) is 12.4 Å². The number of hydrogen-bond acceptors (Lipinski definition) is 1. The zero-order chi connectivity index (χ0) is 13.2. The molecule has 3 rings (SSSR count). The number of benzene rings is 2. The summed E-state index contributed by atoms with van der Waals surface area (Å²) in [6, 6.07) is 16.4. The Kier molecular flexibility index (Phi) is 3.22. The molecule has 19 heavy (non-hydrogen) atoms. The van der Waals surface area contributed by atoms with E-state index in [4.69, 9.17) is 16.6 Å². The molecule has 1 nitrogen and oxygen atoms in total. The van der Waals surface area contributed by atoms with E-state index >= 15 is 0 Å². The van der Waals surface area contributed by atoms with Gasteiger partial charge in [-0.25, -0.2) is 0 Å². The van der Waals surface area contributed by atoms with Crippen LogP contribution >= 0.6 is 11.6 Å². The minimum absolute atomic E-state index is 0.170. The largest absolute Gasteiger partial charge is 0.251 e. The van der Waals surface area contributed by atoms with Gasteiger partial charge in [0.25, 0.3) is 0 Å². The zero-order valence-electron chi connectivity index (χ0n) is 10.7. The Morgan fingerprint density at radius 1 is 1.00 bits per heavy atom. The van der Waals surface area contributed by atoms with Crippen LogP contribution in [0.5, 0.6) is 0 Å². The van der Waals surface area contributed by atoms with Gasteiger partial charge in [0.05, 0.1) is 16.8 Å². The number of alkyl halides is 1. The molecule has 2 aromatic rings. The molecule has 2 heteroatoms. The van der Waals surface area contributed by atoms with E-state index in [1.165, 1.54) is 11.1 Å². The molecular formula is C17H14ClN. The first-order chi connectivity index (χ1) is 9.24. The first kappa shape index (κ1) is 12.2. The molecule has 1 unspecified atom stereocenters. The Labute approximate surface area is 118 Å². The first-order valence-corrected chi connectivity index (χ1v) is 6.74. The van der Waals surface area contributed by atoms with E-state index in [1.54, 1.807) is 0 Å². The zero-order valence-corrected chi connectivity index (χ0v) is 11.4. The number of hydrogen-bond donors (Lipinski definition) is 0. The molecule has 94 valence electrons. The maximum absolute atomic E-state index is 6.37. The molecule has 1 aliphatic rings. The van der Waals surface area contributed by atoms with Gasteiger partial charge in [-0.15, -0.1) is 11.6 Å². The van der Waals surface area contributed by atoms with Crippen LogP contribution < -0.4 is 0 Å². The van der Waals surface area contributed by atoms with E-state index in [1.807, 2.05) is 30.3 Å². The van der Waals surface area contributed by atoms with E-state index in [9.17, 15) is 0 Å². The number of aliphatic imine (C=N–C) groups is 1. The molecule has 0 spiro atoms. The highest BCUT2D eigenvalue weighted by Crippen LogP contribution is 2.25. The number of halogens is 1. The van der Waals surface area contributed by atoms with Gasteiger partial charge in [0.2, 0.25) is 0 Å². The van der Waals surface area contributed by atoms with Crippen LogP contribution in [0.25, 0.3) is 6.08 Å². The highest BCUT2D eigenvalue weighted by atomic mass is 35.5. The smallest absolute Gasteiger partial charge is 0.0947 e. The van der Waals surface area contributed by atoms with Crippen LogP contribution in [0, 0.1) is 6.92 Å². The van der Waals surface area contributed by atoms with E-state index in [0.29, 0.717) is 0 Å². The molecule has 0 saturated carbocycles. The molecule has 0 radical (unpaired) electrons. The summed E-state index contributed by atoms with van der Waals surface area (Å²) in [5, 5.41) is -0.170. The van der Waals surface area contributed by atoms with Crippen LogP contribution in [0.3, 0.4) is 0 Å². The van der Waals surface area contributed by atoms with Gasteiger partial charge in [0.1, 0.15) is 0 Å². The third-order valence-electron chi connectivity index (χ3n) is 3.23. The van der Waals surface area contributed by atoms with Gasteiger partial charge in [0.15, 0.2) is 0 Å². The minimum atomic E-state index is -0.170. The highest BCUT2D eigenvalue weighted by molar-refractivity contribution is 6.38. The number of fused-ring (bicyclic) bond motifs is 1. The molecule has 0 aliphatic heterocycles. The number of aryl methyl sites for hydroxylation is 1. The molecule has 0 N–H and O–H groups in total.